The molecule has 0 unspecified atom stereocenters. The first-order chi connectivity index (χ1) is 12.5. The number of aromatic nitrogens is 1. The molecule has 0 bridgehead atoms. The van der Waals surface area contributed by atoms with Gasteiger partial charge in [0.25, 0.3) is 0 Å². The molecule has 0 radical (unpaired) electrons. The Hall–Kier alpha value is -2.87. The summed E-state index contributed by atoms with van der Waals surface area (Å²) in [7, 11) is 0. The van der Waals surface area contributed by atoms with Gasteiger partial charge in [-0.3, -0.25) is 14.9 Å². The van der Waals surface area contributed by atoms with Crippen LogP contribution in [0, 0.1) is 0 Å². The zero-order chi connectivity index (χ0) is 18.5. The Balaban J connectivity index is 1.45. The summed E-state index contributed by atoms with van der Waals surface area (Å²) >= 11 is 5.85. The highest BCUT2D eigenvalue weighted by Gasteiger charge is 2.23. The van der Waals surface area contributed by atoms with E-state index in [0.29, 0.717) is 23.0 Å². The number of carbonyl (C=O) groups excluding carboxylic acids is 3. The number of carbonyl (C=O) groups is 3. The van der Waals surface area contributed by atoms with Gasteiger partial charge in [0.05, 0.1) is 6.54 Å². The molecular formula is C17H17ClN4O4. The molecule has 8 nitrogen and oxygen atoms in total. The lowest BCUT2D eigenvalue weighted by atomic mass is 10.1. The van der Waals surface area contributed by atoms with Crippen molar-refractivity contribution in [3.63, 3.8) is 0 Å². The van der Waals surface area contributed by atoms with E-state index in [1.54, 1.807) is 18.2 Å². The lowest BCUT2D eigenvalue weighted by Crippen LogP contribution is -2.50. The second kappa shape index (κ2) is 8.01. The van der Waals surface area contributed by atoms with Crippen LogP contribution < -0.4 is 10.6 Å². The van der Waals surface area contributed by atoms with Crippen molar-refractivity contribution in [2.45, 2.75) is 19.4 Å². The lowest BCUT2D eigenvalue weighted by molar-refractivity contribution is -0.121. The highest BCUT2D eigenvalue weighted by Crippen LogP contribution is 2.22. The fourth-order valence-corrected chi connectivity index (χ4v) is 2.60. The number of nitrogens with zero attached hydrogens (tertiary/aromatic N) is 2. The van der Waals surface area contributed by atoms with Gasteiger partial charge in [0.2, 0.25) is 11.8 Å². The van der Waals surface area contributed by atoms with E-state index < -0.39 is 6.03 Å². The Bertz CT molecular complexity index is 818. The molecule has 9 heteroatoms. The molecule has 1 fully saturated rings. The number of imide groups is 1. The van der Waals surface area contributed by atoms with Crippen molar-refractivity contribution in [2.75, 3.05) is 13.1 Å². The number of hydrogen-bond donors (Lipinski definition) is 2. The number of urea groups is 1. The minimum absolute atomic E-state index is 0.142. The summed E-state index contributed by atoms with van der Waals surface area (Å²) in [5, 5.41) is 9.50. The van der Waals surface area contributed by atoms with Crippen molar-refractivity contribution < 1.29 is 18.9 Å². The molecule has 2 N–H and O–H groups in total. The molecule has 1 aliphatic rings. The topological polar surface area (TPSA) is 105 Å². The summed E-state index contributed by atoms with van der Waals surface area (Å²) < 4.78 is 5.26. The molecule has 1 aromatic heterocycles. The third-order valence-corrected chi connectivity index (χ3v) is 4.16. The second-order valence-electron chi connectivity index (χ2n) is 5.81. The minimum Gasteiger partial charge on any atom is -0.356 e. The molecule has 0 spiro atoms. The van der Waals surface area contributed by atoms with Gasteiger partial charge in [-0.2, -0.15) is 0 Å². The van der Waals surface area contributed by atoms with Crippen LogP contribution in [0.5, 0.6) is 0 Å². The van der Waals surface area contributed by atoms with Crippen molar-refractivity contribution in [1.82, 2.24) is 20.7 Å². The van der Waals surface area contributed by atoms with Crippen molar-refractivity contribution in [3.8, 4) is 11.3 Å². The summed E-state index contributed by atoms with van der Waals surface area (Å²) in [5.74, 6) is 0.0736. The first-order valence-electron chi connectivity index (χ1n) is 8.08. The predicted molar refractivity (Wildman–Crippen MR) is 93.1 cm³/mol. The van der Waals surface area contributed by atoms with Crippen LogP contribution in [0.25, 0.3) is 11.3 Å². The first kappa shape index (κ1) is 17.9. The summed E-state index contributed by atoms with van der Waals surface area (Å²) in [6.45, 7) is 0.798. The molecule has 3 rings (SSSR count). The first-order valence-corrected chi connectivity index (χ1v) is 8.46. The molecular weight excluding hydrogens is 360 g/mol. The molecule has 0 aliphatic carbocycles. The average Bonchev–Trinajstić information content (AvgIpc) is 3.09. The molecule has 1 aromatic carbocycles. The standard InChI is InChI=1S/C17H17ClN4O4/c18-12-3-1-11(2-4-12)14-9-13(21-26-14)10-19-15(23)5-7-22-8-6-16(24)20-17(22)25/h1-4,9H,5-8,10H2,(H,19,23)(H,20,24,25). The smallest absolute Gasteiger partial charge is 0.324 e. The monoisotopic (exact) mass is 376 g/mol. The maximum Gasteiger partial charge on any atom is 0.324 e. The van der Waals surface area contributed by atoms with Gasteiger partial charge in [-0.25, -0.2) is 4.79 Å². The summed E-state index contributed by atoms with van der Waals surface area (Å²) in [6.07, 6.45) is 0.392. The Labute approximate surface area is 154 Å². The number of halogens is 1. The number of nitrogens with one attached hydrogen (secondary N) is 2. The Kier molecular flexibility index (Phi) is 5.52. The van der Waals surface area contributed by atoms with Gasteiger partial charge in [0.15, 0.2) is 5.76 Å². The van der Waals surface area contributed by atoms with Crippen molar-refractivity contribution in [3.05, 3.63) is 41.0 Å². The molecule has 4 amide bonds. The number of benzene rings is 1. The fraction of sp³-hybridized carbons (Fsp3) is 0.294. The van der Waals surface area contributed by atoms with Crippen LogP contribution in [0.2, 0.25) is 5.02 Å². The van der Waals surface area contributed by atoms with E-state index in [9.17, 15) is 14.4 Å². The van der Waals surface area contributed by atoms with Crippen molar-refractivity contribution in [1.29, 1.82) is 0 Å². The lowest BCUT2D eigenvalue weighted by Gasteiger charge is -2.26. The van der Waals surface area contributed by atoms with Gasteiger partial charge in [0.1, 0.15) is 5.69 Å². The average molecular weight is 377 g/mol. The molecule has 1 saturated heterocycles. The van der Waals surface area contributed by atoms with Gasteiger partial charge in [-0.15, -0.1) is 0 Å². The Morgan fingerprint density at radius 1 is 1.31 bits per heavy atom. The van der Waals surface area contributed by atoms with E-state index in [-0.39, 0.29) is 37.7 Å². The van der Waals surface area contributed by atoms with E-state index in [0.717, 1.165) is 5.56 Å². The van der Waals surface area contributed by atoms with E-state index >= 15 is 0 Å². The van der Waals surface area contributed by atoms with Gasteiger partial charge >= 0.3 is 6.03 Å². The maximum atomic E-state index is 11.9. The normalized spacial score (nSPS) is 14.3. The predicted octanol–water partition coefficient (Wildman–Crippen LogP) is 1.94. The van der Waals surface area contributed by atoms with Crippen LogP contribution in [-0.4, -0.2) is 41.0 Å². The molecule has 1 aliphatic heterocycles. The largest absolute Gasteiger partial charge is 0.356 e. The van der Waals surface area contributed by atoms with Crippen LogP contribution in [0.15, 0.2) is 34.9 Å². The third-order valence-electron chi connectivity index (χ3n) is 3.91. The molecule has 0 saturated carbocycles. The van der Waals surface area contributed by atoms with E-state index in [1.807, 2.05) is 12.1 Å². The van der Waals surface area contributed by atoms with E-state index in [2.05, 4.69) is 15.8 Å². The summed E-state index contributed by atoms with van der Waals surface area (Å²) in [4.78, 5) is 36.0. The number of hydrogen-bond acceptors (Lipinski definition) is 5. The van der Waals surface area contributed by atoms with Gasteiger partial charge in [0, 0.05) is 42.6 Å². The molecule has 2 aromatic rings. The van der Waals surface area contributed by atoms with Crippen LogP contribution in [-0.2, 0) is 16.1 Å². The Morgan fingerprint density at radius 2 is 2.08 bits per heavy atom. The highest BCUT2D eigenvalue weighted by molar-refractivity contribution is 6.30. The maximum absolute atomic E-state index is 11.9. The van der Waals surface area contributed by atoms with Gasteiger partial charge < -0.3 is 14.7 Å². The molecule has 2 heterocycles. The SMILES string of the molecule is O=C(CCN1CCC(=O)NC1=O)NCc1cc(-c2ccc(Cl)cc2)on1. The van der Waals surface area contributed by atoms with Crippen LogP contribution in [0.4, 0.5) is 4.79 Å². The minimum atomic E-state index is -0.460. The van der Waals surface area contributed by atoms with Crippen LogP contribution in [0.3, 0.4) is 0 Å². The van der Waals surface area contributed by atoms with E-state index in [1.165, 1.54) is 4.90 Å². The number of rotatable bonds is 6. The molecule has 0 atom stereocenters. The zero-order valence-electron chi connectivity index (χ0n) is 13.8. The second-order valence-corrected chi connectivity index (χ2v) is 6.24. The van der Waals surface area contributed by atoms with Crippen molar-refractivity contribution in [2.24, 2.45) is 0 Å². The molecule has 26 heavy (non-hydrogen) atoms. The number of amides is 4. The summed E-state index contributed by atoms with van der Waals surface area (Å²) in [6, 6.07) is 8.43. The van der Waals surface area contributed by atoms with Gasteiger partial charge in [-0.05, 0) is 24.3 Å². The van der Waals surface area contributed by atoms with Crippen molar-refractivity contribution >= 4 is 29.4 Å². The third kappa shape index (κ3) is 4.60. The van der Waals surface area contributed by atoms with Crippen LogP contribution >= 0.6 is 11.6 Å². The zero-order valence-corrected chi connectivity index (χ0v) is 14.6. The fourth-order valence-electron chi connectivity index (χ4n) is 2.47. The molecule has 136 valence electrons. The van der Waals surface area contributed by atoms with Crippen LogP contribution in [0.1, 0.15) is 18.5 Å². The van der Waals surface area contributed by atoms with Gasteiger partial charge in [-0.1, -0.05) is 16.8 Å². The Morgan fingerprint density at radius 3 is 2.81 bits per heavy atom. The van der Waals surface area contributed by atoms with E-state index in [4.69, 9.17) is 16.1 Å². The highest BCUT2D eigenvalue weighted by atomic mass is 35.5. The quantitative estimate of drug-likeness (QED) is 0.801. The summed E-state index contributed by atoms with van der Waals surface area (Å²) in [5.41, 5.74) is 1.43.